The predicted octanol–water partition coefficient (Wildman–Crippen LogP) is 2.95. The van der Waals surface area contributed by atoms with Crippen LogP contribution < -0.4 is 15.8 Å². The largest absolute Gasteiger partial charge is 0.497 e. The third-order valence-electron chi connectivity index (χ3n) is 2.98. The highest BCUT2D eigenvalue weighted by atomic mass is 16.5. The van der Waals surface area contributed by atoms with Crippen LogP contribution >= 0.6 is 0 Å². The van der Waals surface area contributed by atoms with Crippen molar-refractivity contribution in [3.8, 4) is 5.75 Å². The topological polar surface area (TPSA) is 47.3 Å². The lowest BCUT2D eigenvalue weighted by molar-refractivity contribution is 0.414. The minimum atomic E-state index is 0.538. The van der Waals surface area contributed by atoms with E-state index in [0.717, 1.165) is 23.5 Å². The van der Waals surface area contributed by atoms with E-state index in [-0.39, 0.29) is 0 Å². The van der Waals surface area contributed by atoms with E-state index in [4.69, 9.17) is 10.5 Å². The summed E-state index contributed by atoms with van der Waals surface area (Å²) in [6.07, 6.45) is 3.73. The highest BCUT2D eigenvalue weighted by molar-refractivity contribution is 5.51. The summed E-state index contributed by atoms with van der Waals surface area (Å²) >= 11 is 0. The molecule has 0 saturated carbocycles. The predicted molar refractivity (Wildman–Crippen MR) is 73.2 cm³/mol. The molecule has 3 N–H and O–H groups in total. The normalized spacial score (nSPS) is 12.4. The molecule has 0 spiro atoms. The van der Waals surface area contributed by atoms with Crippen LogP contribution in [0, 0.1) is 0 Å². The molecule has 0 bridgehead atoms. The first-order chi connectivity index (χ1) is 8.17. The number of hydrogen-bond acceptors (Lipinski definition) is 3. The van der Waals surface area contributed by atoms with Crippen molar-refractivity contribution in [3.63, 3.8) is 0 Å². The molecule has 0 saturated heterocycles. The molecule has 0 aliphatic heterocycles. The van der Waals surface area contributed by atoms with E-state index < -0.39 is 0 Å². The van der Waals surface area contributed by atoms with Crippen LogP contribution in [0.2, 0.25) is 0 Å². The van der Waals surface area contributed by atoms with Crippen molar-refractivity contribution in [2.45, 2.75) is 45.7 Å². The highest BCUT2D eigenvalue weighted by Gasteiger charge is 2.04. The Morgan fingerprint density at radius 1 is 1.41 bits per heavy atom. The summed E-state index contributed by atoms with van der Waals surface area (Å²) in [4.78, 5) is 0. The number of ether oxygens (including phenoxy) is 1. The second kappa shape index (κ2) is 7.17. The summed E-state index contributed by atoms with van der Waals surface area (Å²) in [6.45, 7) is 5.25. The van der Waals surface area contributed by atoms with Gasteiger partial charge in [0.05, 0.1) is 7.11 Å². The fourth-order valence-electron chi connectivity index (χ4n) is 1.76. The van der Waals surface area contributed by atoms with Crippen molar-refractivity contribution in [1.82, 2.24) is 5.32 Å². The zero-order chi connectivity index (χ0) is 12.7. The average Bonchev–Trinajstić information content (AvgIpc) is 2.34. The van der Waals surface area contributed by atoms with Crippen LogP contribution in [0.25, 0.3) is 0 Å². The molecular weight excluding hydrogens is 212 g/mol. The molecule has 1 aromatic rings. The van der Waals surface area contributed by atoms with Gasteiger partial charge in [-0.1, -0.05) is 25.8 Å². The second-order valence-electron chi connectivity index (χ2n) is 4.49. The maximum atomic E-state index is 5.96. The van der Waals surface area contributed by atoms with Crippen molar-refractivity contribution >= 4 is 5.69 Å². The first-order valence-corrected chi connectivity index (χ1v) is 6.33. The van der Waals surface area contributed by atoms with Gasteiger partial charge in [-0.25, -0.2) is 0 Å². The van der Waals surface area contributed by atoms with Gasteiger partial charge in [0.2, 0.25) is 0 Å². The smallest absolute Gasteiger partial charge is 0.120 e. The van der Waals surface area contributed by atoms with E-state index in [2.05, 4.69) is 19.2 Å². The SMILES string of the molecule is CCCCC(C)NCc1ccc(OC)cc1N. The lowest BCUT2D eigenvalue weighted by atomic mass is 10.1. The molecule has 1 rings (SSSR count). The first kappa shape index (κ1) is 13.8. The molecule has 1 atom stereocenters. The maximum Gasteiger partial charge on any atom is 0.120 e. The fourth-order valence-corrected chi connectivity index (χ4v) is 1.76. The van der Waals surface area contributed by atoms with Gasteiger partial charge in [0, 0.05) is 24.3 Å². The summed E-state index contributed by atoms with van der Waals surface area (Å²) < 4.78 is 5.13. The Hall–Kier alpha value is -1.22. The third-order valence-corrected chi connectivity index (χ3v) is 2.98. The molecule has 0 heterocycles. The van der Waals surface area contributed by atoms with Gasteiger partial charge in [0.15, 0.2) is 0 Å². The van der Waals surface area contributed by atoms with Crippen molar-refractivity contribution in [1.29, 1.82) is 0 Å². The molecule has 1 aromatic carbocycles. The zero-order valence-corrected chi connectivity index (χ0v) is 11.1. The van der Waals surface area contributed by atoms with Crippen molar-refractivity contribution in [2.75, 3.05) is 12.8 Å². The number of benzene rings is 1. The van der Waals surface area contributed by atoms with E-state index >= 15 is 0 Å². The molecule has 0 aliphatic carbocycles. The Morgan fingerprint density at radius 2 is 2.18 bits per heavy atom. The zero-order valence-electron chi connectivity index (χ0n) is 11.1. The molecule has 0 aliphatic rings. The molecule has 17 heavy (non-hydrogen) atoms. The van der Waals surface area contributed by atoms with Crippen LogP contribution in [0.15, 0.2) is 18.2 Å². The van der Waals surface area contributed by atoms with Crippen molar-refractivity contribution in [3.05, 3.63) is 23.8 Å². The number of nitrogens with one attached hydrogen (secondary N) is 1. The number of methoxy groups -OCH3 is 1. The lowest BCUT2D eigenvalue weighted by Gasteiger charge is -2.14. The molecule has 3 heteroatoms. The van der Waals surface area contributed by atoms with Crippen LogP contribution in [0.5, 0.6) is 5.75 Å². The molecule has 0 radical (unpaired) electrons. The third kappa shape index (κ3) is 4.65. The molecule has 0 amide bonds. The van der Waals surface area contributed by atoms with Gasteiger partial charge in [-0.2, -0.15) is 0 Å². The molecule has 0 fully saturated rings. The minimum absolute atomic E-state index is 0.538. The number of nitrogen functional groups attached to an aromatic ring is 1. The van der Waals surface area contributed by atoms with Gasteiger partial charge in [-0.15, -0.1) is 0 Å². The second-order valence-corrected chi connectivity index (χ2v) is 4.49. The summed E-state index contributed by atoms with van der Waals surface area (Å²) in [6, 6.07) is 6.38. The summed E-state index contributed by atoms with van der Waals surface area (Å²) in [5.41, 5.74) is 7.89. The van der Waals surface area contributed by atoms with Crippen LogP contribution in [-0.2, 0) is 6.54 Å². The minimum Gasteiger partial charge on any atom is -0.497 e. The van der Waals surface area contributed by atoms with Crippen LogP contribution in [0.4, 0.5) is 5.69 Å². The number of rotatable bonds is 7. The van der Waals surface area contributed by atoms with E-state index in [9.17, 15) is 0 Å². The molecule has 3 nitrogen and oxygen atoms in total. The Morgan fingerprint density at radius 3 is 2.76 bits per heavy atom. The monoisotopic (exact) mass is 236 g/mol. The average molecular weight is 236 g/mol. The molecule has 96 valence electrons. The number of anilines is 1. The van der Waals surface area contributed by atoms with Gasteiger partial charge in [-0.05, 0) is 25.0 Å². The van der Waals surface area contributed by atoms with Gasteiger partial charge in [0.1, 0.15) is 5.75 Å². The highest BCUT2D eigenvalue weighted by Crippen LogP contribution is 2.19. The summed E-state index contributed by atoms with van der Waals surface area (Å²) in [5.74, 6) is 0.810. The Kier molecular flexibility index (Phi) is 5.84. The molecule has 0 aromatic heterocycles. The van der Waals surface area contributed by atoms with Crippen molar-refractivity contribution in [2.24, 2.45) is 0 Å². The number of hydrogen-bond donors (Lipinski definition) is 2. The van der Waals surface area contributed by atoms with Crippen LogP contribution in [0.3, 0.4) is 0 Å². The lowest BCUT2D eigenvalue weighted by Crippen LogP contribution is -2.25. The summed E-state index contributed by atoms with van der Waals surface area (Å²) in [7, 11) is 1.65. The van der Waals surface area contributed by atoms with E-state index in [1.807, 2.05) is 18.2 Å². The standard InChI is InChI=1S/C14H24N2O/c1-4-5-6-11(2)16-10-12-7-8-13(17-3)9-14(12)15/h7-9,11,16H,4-6,10,15H2,1-3H3. The van der Waals surface area contributed by atoms with E-state index in [1.165, 1.54) is 19.3 Å². The van der Waals surface area contributed by atoms with Gasteiger partial charge >= 0.3 is 0 Å². The maximum absolute atomic E-state index is 5.96. The number of unbranched alkanes of at least 4 members (excludes halogenated alkanes) is 1. The Bertz CT molecular complexity index is 339. The van der Waals surface area contributed by atoms with E-state index in [0.29, 0.717) is 6.04 Å². The number of nitrogens with two attached hydrogens (primary N) is 1. The molecule has 1 unspecified atom stereocenters. The van der Waals surface area contributed by atoms with Crippen molar-refractivity contribution < 1.29 is 4.74 Å². The summed E-state index contributed by atoms with van der Waals surface area (Å²) in [5, 5.41) is 3.49. The van der Waals surface area contributed by atoms with Gasteiger partial charge in [0.25, 0.3) is 0 Å². The molecular formula is C14H24N2O. The Balaban J connectivity index is 2.46. The van der Waals surface area contributed by atoms with E-state index in [1.54, 1.807) is 7.11 Å². The quantitative estimate of drug-likeness (QED) is 0.716. The van der Waals surface area contributed by atoms with Crippen LogP contribution in [0.1, 0.15) is 38.7 Å². The fraction of sp³-hybridized carbons (Fsp3) is 0.571. The van der Waals surface area contributed by atoms with Gasteiger partial charge in [-0.3, -0.25) is 0 Å². The first-order valence-electron chi connectivity index (χ1n) is 6.33. The van der Waals surface area contributed by atoms with Crippen LogP contribution in [-0.4, -0.2) is 13.2 Å². The van der Waals surface area contributed by atoms with Gasteiger partial charge < -0.3 is 15.8 Å². The Labute approximate surface area is 104 Å².